The molecule has 0 unspecified atom stereocenters. The number of hydrogen-bond donors (Lipinski definition) is 1. The summed E-state index contributed by atoms with van der Waals surface area (Å²) in [6.45, 7) is 6.98. The van der Waals surface area contributed by atoms with Crippen LogP contribution in [0.15, 0.2) is 0 Å². The van der Waals surface area contributed by atoms with Crippen LogP contribution in [0.4, 0.5) is 0 Å². The van der Waals surface area contributed by atoms with E-state index in [2.05, 4.69) is 19.6 Å². The summed E-state index contributed by atoms with van der Waals surface area (Å²) >= 11 is 0. The minimum absolute atomic E-state index is 0.177. The van der Waals surface area contributed by atoms with Crippen LogP contribution in [0.2, 0.25) is 19.6 Å². The van der Waals surface area contributed by atoms with Crippen LogP contribution in [0.3, 0.4) is 0 Å². The molecule has 0 saturated carbocycles. The fraction of sp³-hybridized carbons (Fsp3) is 1.00. The summed E-state index contributed by atoms with van der Waals surface area (Å²) < 4.78 is 5.24. The maximum atomic E-state index is 8.64. The fourth-order valence-corrected chi connectivity index (χ4v) is 2.85. The molecule has 2 atom stereocenters. The number of epoxide rings is 1. The molecule has 0 aromatic heterocycles. The van der Waals surface area contributed by atoms with Gasteiger partial charge in [0.2, 0.25) is 0 Å². The Hall–Kier alpha value is 0.137. The second-order valence-electron chi connectivity index (χ2n) is 3.64. The summed E-state index contributed by atoms with van der Waals surface area (Å²) in [6.07, 6.45) is 0.177. The molecule has 9 heavy (non-hydrogen) atoms. The molecule has 0 radical (unpaired) electrons. The van der Waals surface area contributed by atoms with Gasteiger partial charge in [0, 0.05) is 0 Å². The highest BCUT2D eigenvalue weighted by molar-refractivity contribution is 6.78. The molecule has 1 heterocycles. The summed E-state index contributed by atoms with van der Waals surface area (Å²) in [6, 6.07) is 0. The Kier molecular flexibility index (Phi) is 1.67. The van der Waals surface area contributed by atoms with E-state index in [1.54, 1.807) is 0 Å². The van der Waals surface area contributed by atoms with E-state index in [0.29, 0.717) is 5.73 Å². The Morgan fingerprint density at radius 1 is 1.44 bits per heavy atom. The van der Waals surface area contributed by atoms with Crippen LogP contribution >= 0.6 is 0 Å². The van der Waals surface area contributed by atoms with Crippen molar-refractivity contribution in [1.82, 2.24) is 0 Å². The maximum Gasteiger partial charge on any atom is 0.104 e. The Bertz CT molecular complexity index is 108. The monoisotopic (exact) mass is 146 g/mol. The quantitative estimate of drug-likeness (QED) is 0.457. The van der Waals surface area contributed by atoms with E-state index in [1.807, 2.05) is 0 Å². The zero-order valence-corrected chi connectivity index (χ0v) is 7.22. The molecule has 1 rings (SSSR count). The third kappa shape index (κ3) is 1.53. The zero-order chi connectivity index (χ0) is 7.07. The molecule has 0 aromatic carbocycles. The van der Waals surface area contributed by atoms with Gasteiger partial charge in [-0.1, -0.05) is 19.6 Å². The third-order valence-electron chi connectivity index (χ3n) is 1.62. The van der Waals surface area contributed by atoms with Crippen molar-refractivity contribution in [1.29, 1.82) is 0 Å². The van der Waals surface area contributed by atoms with E-state index in [9.17, 15) is 0 Å². The first-order valence-corrected chi connectivity index (χ1v) is 6.90. The first-order valence-electron chi connectivity index (χ1n) is 3.32. The molecule has 1 N–H and O–H groups in total. The summed E-state index contributed by atoms with van der Waals surface area (Å²) in [5, 5.41) is 8.64. The zero-order valence-electron chi connectivity index (χ0n) is 6.22. The highest BCUT2D eigenvalue weighted by Crippen LogP contribution is 2.30. The van der Waals surface area contributed by atoms with Gasteiger partial charge in [-0.2, -0.15) is 0 Å². The van der Waals surface area contributed by atoms with Gasteiger partial charge in [-0.05, 0) is 0 Å². The lowest BCUT2D eigenvalue weighted by Gasteiger charge is -2.10. The van der Waals surface area contributed by atoms with Crippen molar-refractivity contribution in [2.75, 3.05) is 6.61 Å². The van der Waals surface area contributed by atoms with Crippen LogP contribution in [-0.2, 0) is 4.74 Å². The van der Waals surface area contributed by atoms with E-state index in [1.165, 1.54) is 0 Å². The SMILES string of the molecule is C[Si](C)(C)[C@@H]1O[C@@H]1CO. The van der Waals surface area contributed by atoms with Crippen LogP contribution < -0.4 is 0 Å². The van der Waals surface area contributed by atoms with Crippen molar-refractivity contribution in [3.8, 4) is 0 Å². The van der Waals surface area contributed by atoms with Crippen molar-refractivity contribution >= 4 is 8.07 Å². The van der Waals surface area contributed by atoms with Crippen molar-refractivity contribution in [3.05, 3.63) is 0 Å². The second-order valence-corrected chi connectivity index (χ2v) is 8.94. The highest BCUT2D eigenvalue weighted by Gasteiger charge is 2.47. The van der Waals surface area contributed by atoms with Gasteiger partial charge in [-0.3, -0.25) is 0 Å². The normalized spacial score (nSPS) is 34.7. The molecule has 0 aliphatic carbocycles. The molecule has 1 fully saturated rings. The smallest absolute Gasteiger partial charge is 0.104 e. The van der Waals surface area contributed by atoms with Gasteiger partial charge in [-0.25, -0.2) is 0 Å². The van der Waals surface area contributed by atoms with Crippen molar-refractivity contribution in [3.63, 3.8) is 0 Å². The minimum Gasteiger partial charge on any atom is -0.394 e. The van der Waals surface area contributed by atoms with Gasteiger partial charge in [0.05, 0.1) is 20.4 Å². The standard InChI is InChI=1S/C6H14O2Si/c1-9(2,3)6-5(4-7)8-6/h5-7H,4H2,1-3H3/t5-,6+/m1/s1. The molecular formula is C6H14O2Si. The van der Waals surface area contributed by atoms with Crippen LogP contribution in [0, 0.1) is 0 Å². The molecule has 0 spiro atoms. The maximum absolute atomic E-state index is 8.64. The first kappa shape index (κ1) is 7.25. The molecule has 1 saturated heterocycles. The minimum atomic E-state index is -1.09. The number of aliphatic hydroxyl groups excluding tert-OH is 1. The van der Waals surface area contributed by atoms with Gasteiger partial charge in [0.1, 0.15) is 6.10 Å². The fourth-order valence-electron chi connectivity index (χ4n) is 1.04. The van der Waals surface area contributed by atoms with Crippen LogP contribution in [-0.4, -0.2) is 31.6 Å². The molecule has 1 aliphatic rings. The number of hydrogen-bond acceptors (Lipinski definition) is 2. The summed E-state index contributed by atoms with van der Waals surface area (Å²) in [7, 11) is -1.09. The summed E-state index contributed by atoms with van der Waals surface area (Å²) in [4.78, 5) is 0. The topological polar surface area (TPSA) is 32.8 Å². The van der Waals surface area contributed by atoms with Crippen molar-refractivity contribution in [2.24, 2.45) is 0 Å². The Morgan fingerprint density at radius 3 is 2.11 bits per heavy atom. The van der Waals surface area contributed by atoms with E-state index < -0.39 is 8.07 Å². The third-order valence-corrected chi connectivity index (χ3v) is 3.83. The lowest BCUT2D eigenvalue weighted by Crippen LogP contribution is -2.31. The molecule has 54 valence electrons. The van der Waals surface area contributed by atoms with Crippen LogP contribution in [0.25, 0.3) is 0 Å². The molecule has 2 nitrogen and oxygen atoms in total. The predicted molar refractivity (Wildman–Crippen MR) is 39.1 cm³/mol. The van der Waals surface area contributed by atoms with Crippen molar-refractivity contribution in [2.45, 2.75) is 31.5 Å². The molecule has 0 amide bonds. The average molecular weight is 146 g/mol. The van der Waals surface area contributed by atoms with Gasteiger partial charge in [-0.15, -0.1) is 0 Å². The van der Waals surface area contributed by atoms with Crippen LogP contribution in [0.5, 0.6) is 0 Å². The van der Waals surface area contributed by atoms with Crippen molar-refractivity contribution < 1.29 is 9.84 Å². The molecular weight excluding hydrogens is 132 g/mol. The summed E-state index contributed by atoms with van der Waals surface area (Å²) in [5.74, 6) is 0. The van der Waals surface area contributed by atoms with E-state index in [-0.39, 0.29) is 12.7 Å². The van der Waals surface area contributed by atoms with E-state index in [0.717, 1.165) is 0 Å². The van der Waals surface area contributed by atoms with Gasteiger partial charge < -0.3 is 9.84 Å². The molecule has 3 heteroatoms. The van der Waals surface area contributed by atoms with Gasteiger partial charge >= 0.3 is 0 Å². The largest absolute Gasteiger partial charge is 0.394 e. The Labute approximate surface area is 56.8 Å². The number of rotatable bonds is 2. The lowest BCUT2D eigenvalue weighted by atomic mass is 10.5. The Balaban J connectivity index is 2.33. The van der Waals surface area contributed by atoms with Crippen LogP contribution in [0.1, 0.15) is 0 Å². The summed E-state index contributed by atoms with van der Waals surface area (Å²) in [5.41, 5.74) is 0.419. The number of ether oxygens (including phenoxy) is 1. The lowest BCUT2D eigenvalue weighted by molar-refractivity contribution is 0.243. The van der Waals surface area contributed by atoms with Gasteiger partial charge in [0.15, 0.2) is 0 Å². The molecule has 0 aromatic rings. The first-order chi connectivity index (χ1) is 4.05. The number of aliphatic hydroxyl groups is 1. The Morgan fingerprint density at radius 2 is 2.00 bits per heavy atom. The second kappa shape index (κ2) is 2.07. The average Bonchev–Trinajstić information content (AvgIpc) is 2.39. The predicted octanol–water partition coefficient (Wildman–Crippen LogP) is 0.623. The molecule has 0 bridgehead atoms. The van der Waals surface area contributed by atoms with E-state index >= 15 is 0 Å². The highest BCUT2D eigenvalue weighted by atomic mass is 28.3. The van der Waals surface area contributed by atoms with Gasteiger partial charge in [0.25, 0.3) is 0 Å². The van der Waals surface area contributed by atoms with E-state index in [4.69, 9.17) is 9.84 Å². The molecule has 1 aliphatic heterocycles.